The van der Waals surface area contributed by atoms with Crippen LogP contribution < -0.4 is 5.73 Å². The highest BCUT2D eigenvalue weighted by molar-refractivity contribution is 9.10. The zero-order valence-electron chi connectivity index (χ0n) is 18.0. The summed E-state index contributed by atoms with van der Waals surface area (Å²) in [4.78, 5) is 19.3. The fourth-order valence-corrected chi connectivity index (χ4v) is 4.55. The lowest BCUT2D eigenvalue weighted by atomic mass is 9.92. The first kappa shape index (κ1) is 21.5. The molecule has 1 saturated heterocycles. The van der Waals surface area contributed by atoms with Gasteiger partial charge in [0.15, 0.2) is 5.82 Å². The second kappa shape index (κ2) is 9.23. The first-order valence-corrected chi connectivity index (χ1v) is 11.7. The molecule has 0 unspecified atom stereocenters. The minimum atomic E-state index is -0.266. The molecule has 168 valence electrons. The molecule has 5 rings (SSSR count). The van der Waals surface area contributed by atoms with Crippen LogP contribution in [0.3, 0.4) is 0 Å². The zero-order chi connectivity index (χ0) is 22.8. The number of fused-ring (bicyclic) bond motifs is 1. The third-order valence-corrected chi connectivity index (χ3v) is 6.62. The number of piperidine rings is 1. The fraction of sp³-hybridized carbons (Fsp3) is 0.240. The molecule has 1 aliphatic heterocycles. The Labute approximate surface area is 200 Å². The Morgan fingerprint density at radius 1 is 1.12 bits per heavy atom. The number of carbonyl (C=O) groups excluding carboxylic acids is 1. The Kier molecular flexibility index (Phi) is 6.00. The number of H-pyrrole nitrogens is 1. The average molecular weight is 506 g/mol. The number of likely N-dealkylation sites (tertiary alicyclic amines) is 1. The van der Waals surface area contributed by atoms with Crippen molar-refractivity contribution in [2.75, 3.05) is 18.8 Å². The van der Waals surface area contributed by atoms with Crippen LogP contribution in [0.25, 0.3) is 22.2 Å². The van der Waals surface area contributed by atoms with E-state index in [9.17, 15) is 4.79 Å². The van der Waals surface area contributed by atoms with E-state index in [0.717, 1.165) is 50.7 Å². The molecule has 2 aromatic heterocycles. The molecule has 0 radical (unpaired) electrons. The highest BCUT2D eigenvalue weighted by Gasteiger charge is 2.27. The van der Waals surface area contributed by atoms with E-state index in [0.29, 0.717) is 18.9 Å². The van der Waals surface area contributed by atoms with Crippen LogP contribution in [0.2, 0.25) is 0 Å². The van der Waals surface area contributed by atoms with Gasteiger partial charge in [-0.1, -0.05) is 58.4 Å². The Bertz CT molecular complexity index is 1270. The first-order valence-electron chi connectivity index (χ1n) is 10.9. The second-order valence-electron chi connectivity index (χ2n) is 8.24. The largest absolute Gasteiger partial charge is 0.445 e. The van der Waals surface area contributed by atoms with Gasteiger partial charge in [-0.2, -0.15) is 5.10 Å². The molecule has 4 aromatic rings. The Balaban J connectivity index is 1.31. The minimum absolute atomic E-state index is 0.242. The van der Waals surface area contributed by atoms with Crippen molar-refractivity contribution in [2.45, 2.75) is 25.4 Å². The number of ether oxygens (including phenoxy) is 1. The highest BCUT2D eigenvalue weighted by Crippen LogP contribution is 2.35. The zero-order valence-corrected chi connectivity index (χ0v) is 19.6. The van der Waals surface area contributed by atoms with Gasteiger partial charge >= 0.3 is 6.09 Å². The van der Waals surface area contributed by atoms with Gasteiger partial charge in [0, 0.05) is 34.7 Å². The van der Waals surface area contributed by atoms with Crippen LogP contribution in [0.4, 0.5) is 10.6 Å². The molecule has 0 saturated carbocycles. The summed E-state index contributed by atoms with van der Waals surface area (Å²) in [6.07, 6.45) is 1.38. The molecule has 0 aliphatic carbocycles. The first-order chi connectivity index (χ1) is 16.1. The number of rotatable bonds is 4. The summed E-state index contributed by atoms with van der Waals surface area (Å²) in [5.74, 6) is 0.684. The minimum Gasteiger partial charge on any atom is -0.445 e. The van der Waals surface area contributed by atoms with Gasteiger partial charge in [0.05, 0.1) is 16.6 Å². The van der Waals surface area contributed by atoms with Gasteiger partial charge in [-0.05, 0) is 36.6 Å². The summed E-state index contributed by atoms with van der Waals surface area (Å²) < 4.78 is 6.50. The van der Waals surface area contributed by atoms with Crippen molar-refractivity contribution in [1.29, 1.82) is 0 Å². The topological polar surface area (TPSA) is 97.1 Å². The molecule has 1 amide bonds. The van der Waals surface area contributed by atoms with Crippen molar-refractivity contribution in [3.63, 3.8) is 0 Å². The average Bonchev–Trinajstić information content (AvgIpc) is 3.24. The van der Waals surface area contributed by atoms with Crippen LogP contribution in [0, 0.1) is 0 Å². The molecule has 33 heavy (non-hydrogen) atoms. The van der Waals surface area contributed by atoms with Crippen molar-refractivity contribution in [3.05, 3.63) is 76.4 Å². The molecule has 0 spiro atoms. The maximum absolute atomic E-state index is 12.5. The normalized spacial score (nSPS) is 14.5. The van der Waals surface area contributed by atoms with Gasteiger partial charge in [-0.3, -0.25) is 10.1 Å². The van der Waals surface area contributed by atoms with E-state index in [4.69, 9.17) is 15.5 Å². The monoisotopic (exact) mass is 505 g/mol. The number of pyridine rings is 1. The lowest BCUT2D eigenvalue weighted by Gasteiger charge is -2.31. The standard InChI is InChI=1S/C25H24BrN5O2/c26-19-8-6-18(7-9-19)23-22-21(29-30-24(22)27)14-20(28-23)17-10-12-31(13-11-17)25(32)33-15-16-4-2-1-3-5-16/h1-9,14,17H,10-13,15H2,(H3,27,29,30). The molecular formula is C25H24BrN5O2. The van der Waals surface area contributed by atoms with Crippen LogP contribution in [-0.2, 0) is 11.3 Å². The SMILES string of the molecule is Nc1n[nH]c2cc(C3CCN(C(=O)OCc4ccccc4)CC3)nc(-c3ccc(Br)cc3)c12. The highest BCUT2D eigenvalue weighted by atomic mass is 79.9. The number of anilines is 1. The van der Waals surface area contributed by atoms with E-state index < -0.39 is 0 Å². The molecule has 0 atom stereocenters. The number of carbonyl (C=O) groups is 1. The number of nitrogens with zero attached hydrogens (tertiary/aromatic N) is 3. The Morgan fingerprint density at radius 3 is 2.58 bits per heavy atom. The van der Waals surface area contributed by atoms with E-state index >= 15 is 0 Å². The number of hydrogen-bond donors (Lipinski definition) is 2. The van der Waals surface area contributed by atoms with Crippen LogP contribution in [0.1, 0.15) is 30.0 Å². The van der Waals surface area contributed by atoms with Gasteiger partial charge in [-0.25, -0.2) is 4.79 Å². The quantitative estimate of drug-likeness (QED) is 0.382. The van der Waals surface area contributed by atoms with Crippen LogP contribution in [0.5, 0.6) is 0 Å². The second-order valence-corrected chi connectivity index (χ2v) is 9.15. The summed E-state index contributed by atoms with van der Waals surface area (Å²) >= 11 is 3.49. The molecule has 3 heterocycles. The Morgan fingerprint density at radius 2 is 1.85 bits per heavy atom. The van der Waals surface area contributed by atoms with Crippen LogP contribution >= 0.6 is 15.9 Å². The fourth-order valence-electron chi connectivity index (χ4n) is 4.28. The van der Waals surface area contributed by atoms with Gasteiger partial charge < -0.3 is 15.4 Å². The molecule has 1 aliphatic rings. The molecule has 2 aromatic carbocycles. The molecule has 3 N–H and O–H groups in total. The summed E-state index contributed by atoms with van der Waals surface area (Å²) in [5.41, 5.74) is 10.8. The van der Waals surface area contributed by atoms with Crippen molar-refractivity contribution < 1.29 is 9.53 Å². The number of aromatic nitrogens is 3. The summed E-state index contributed by atoms with van der Waals surface area (Å²) in [5, 5.41) is 8.08. The lowest BCUT2D eigenvalue weighted by molar-refractivity contribution is 0.0868. The van der Waals surface area contributed by atoms with Gasteiger partial charge in [-0.15, -0.1) is 0 Å². The molecular weight excluding hydrogens is 482 g/mol. The van der Waals surface area contributed by atoms with Crippen molar-refractivity contribution in [1.82, 2.24) is 20.1 Å². The van der Waals surface area contributed by atoms with Crippen LogP contribution in [0.15, 0.2) is 65.1 Å². The maximum Gasteiger partial charge on any atom is 0.410 e. The number of halogens is 1. The maximum atomic E-state index is 12.5. The van der Waals surface area contributed by atoms with E-state index in [-0.39, 0.29) is 18.6 Å². The van der Waals surface area contributed by atoms with Gasteiger partial charge in [0.2, 0.25) is 0 Å². The third-order valence-electron chi connectivity index (χ3n) is 6.09. The predicted molar refractivity (Wildman–Crippen MR) is 132 cm³/mol. The summed E-state index contributed by atoms with van der Waals surface area (Å²) in [6.45, 7) is 1.56. The van der Waals surface area contributed by atoms with E-state index in [1.165, 1.54) is 0 Å². The van der Waals surface area contributed by atoms with E-state index in [2.05, 4.69) is 26.1 Å². The molecule has 8 heteroatoms. The van der Waals surface area contributed by atoms with Crippen LogP contribution in [-0.4, -0.2) is 39.3 Å². The molecule has 7 nitrogen and oxygen atoms in total. The molecule has 0 bridgehead atoms. The number of nitrogens with two attached hydrogens (primary N) is 1. The number of amides is 1. The lowest BCUT2D eigenvalue weighted by Crippen LogP contribution is -2.38. The summed E-state index contributed by atoms with van der Waals surface area (Å²) in [7, 11) is 0. The number of hydrogen-bond acceptors (Lipinski definition) is 5. The van der Waals surface area contributed by atoms with Crippen molar-refractivity contribution in [3.8, 4) is 11.3 Å². The van der Waals surface area contributed by atoms with E-state index in [1.807, 2.05) is 60.7 Å². The molecule has 1 fully saturated rings. The third kappa shape index (κ3) is 4.57. The number of nitrogen functional groups attached to an aromatic ring is 1. The smallest absolute Gasteiger partial charge is 0.410 e. The van der Waals surface area contributed by atoms with Gasteiger partial charge in [0.25, 0.3) is 0 Å². The number of nitrogens with one attached hydrogen (secondary N) is 1. The van der Waals surface area contributed by atoms with Crippen molar-refractivity contribution >= 4 is 38.7 Å². The van der Waals surface area contributed by atoms with E-state index in [1.54, 1.807) is 4.90 Å². The van der Waals surface area contributed by atoms with Crippen molar-refractivity contribution in [2.24, 2.45) is 0 Å². The predicted octanol–water partition coefficient (Wildman–Crippen LogP) is 5.49. The number of aromatic amines is 1. The Hall–Kier alpha value is -3.39. The summed E-state index contributed by atoms with van der Waals surface area (Å²) in [6, 6.07) is 19.8. The van der Waals surface area contributed by atoms with Gasteiger partial charge in [0.1, 0.15) is 6.61 Å². The number of benzene rings is 2.